The van der Waals surface area contributed by atoms with Crippen LogP contribution in [0.1, 0.15) is 16.0 Å². The molecule has 6 nitrogen and oxygen atoms in total. The van der Waals surface area contributed by atoms with Crippen molar-refractivity contribution in [2.24, 2.45) is 0 Å². The summed E-state index contributed by atoms with van der Waals surface area (Å²) in [5.41, 5.74) is 3.63. The van der Waals surface area contributed by atoms with Crippen molar-refractivity contribution in [3.63, 3.8) is 0 Å². The van der Waals surface area contributed by atoms with Crippen LogP contribution in [-0.4, -0.2) is 26.0 Å². The highest BCUT2D eigenvalue weighted by Crippen LogP contribution is 2.38. The molecule has 0 unspecified atom stereocenters. The summed E-state index contributed by atoms with van der Waals surface area (Å²) in [7, 11) is 3.11. The predicted octanol–water partition coefficient (Wildman–Crippen LogP) is 4.78. The smallest absolute Gasteiger partial charge is 0.282 e. The average Bonchev–Trinajstić information content (AvgIpc) is 3.36. The molecule has 2 amide bonds. The quantitative estimate of drug-likeness (QED) is 0.566. The topological polar surface area (TPSA) is 67.9 Å². The first-order valence-electron chi connectivity index (χ1n) is 9.68. The highest BCUT2D eigenvalue weighted by molar-refractivity contribution is 7.11. The maximum Gasteiger partial charge on any atom is 0.282 e. The van der Waals surface area contributed by atoms with E-state index in [1.165, 1.54) is 23.3 Å². The number of nitrogens with one attached hydrogen (secondary N) is 1. The van der Waals surface area contributed by atoms with Crippen molar-refractivity contribution >= 4 is 40.1 Å². The third-order valence-electron chi connectivity index (χ3n) is 5.11. The van der Waals surface area contributed by atoms with Crippen molar-refractivity contribution in [2.45, 2.75) is 13.8 Å². The molecule has 0 saturated carbocycles. The monoisotopic (exact) mass is 434 g/mol. The van der Waals surface area contributed by atoms with Crippen LogP contribution in [0, 0.1) is 13.8 Å². The molecule has 158 valence electrons. The standard InChI is InChI=1S/C24H22N2O4S/c1-14-7-10-18(15(2)12-14)26-23(27)21(20-6-5-11-31-20)22(24(26)28)25-17-9-8-16(29-3)13-19(17)30-4/h5-13,25H,1-4H3. The molecule has 3 aromatic rings. The van der Waals surface area contributed by atoms with E-state index in [4.69, 9.17) is 9.47 Å². The highest BCUT2D eigenvalue weighted by Gasteiger charge is 2.41. The van der Waals surface area contributed by atoms with Gasteiger partial charge >= 0.3 is 0 Å². The van der Waals surface area contributed by atoms with Gasteiger partial charge in [-0.15, -0.1) is 11.3 Å². The van der Waals surface area contributed by atoms with E-state index < -0.39 is 5.91 Å². The number of rotatable bonds is 6. The first-order chi connectivity index (χ1) is 14.9. The van der Waals surface area contributed by atoms with Crippen molar-refractivity contribution in [3.8, 4) is 11.5 Å². The summed E-state index contributed by atoms with van der Waals surface area (Å²) in [4.78, 5) is 28.9. The fourth-order valence-electron chi connectivity index (χ4n) is 3.61. The molecule has 1 aromatic heterocycles. The van der Waals surface area contributed by atoms with E-state index in [0.717, 1.165) is 16.0 Å². The van der Waals surface area contributed by atoms with E-state index in [1.54, 1.807) is 25.3 Å². The highest BCUT2D eigenvalue weighted by atomic mass is 32.1. The Morgan fingerprint density at radius 1 is 0.935 bits per heavy atom. The van der Waals surface area contributed by atoms with Gasteiger partial charge in [0.15, 0.2) is 0 Å². The van der Waals surface area contributed by atoms with Crippen LogP contribution in [0.4, 0.5) is 11.4 Å². The van der Waals surface area contributed by atoms with Gasteiger partial charge in [-0.25, -0.2) is 4.90 Å². The minimum Gasteiger partial charge on any atom is -0.497 e. The zero-order chi connectivity index (χ0) is 22.1. The van der Waals surface area contributed by atoms with Crippen molar-refractivity contribution in [1.29, 1.82) is 0 Å². The SMILES string of the molecule is COc1ccc(NC2=C(c3cccs3)C(=O)N(c3ccc(C)cc3C)C2=O)c(OC)c1. The maximum absolute atomic E-state index is 13.5. The Morgan fingerprint density at radius 3 is 2.39 bits per heavy atom. The zero-order valence-corrected chi connectivity index (χ0v) is 18.5. The van der Waals surface area contributed by atoms with Crippen LogP contribution in [0.15, 0.2) is 59.6 Å². The molecule has 0 atom stereocenters. The summed E-state index contributed by atoms with van der Waals surface area (Å²) < 4.78 is 10.7. The van der Waals surface area contributed by atoms with Gasteiger partial charge in [-0.3, -0.25) is 9.59 Å². The molecule has 0 saturated heterocycles. The Balaban J connectivity index is 1.81. The van der Waals surface area contributed by atoms with Gasteiger partial charge in [0.2, 0.25) is 0 Å². The van der Waals surface area contributed by atoms with Crippen LogP contribution in [0.2, 0.25) is 0 Å². The Hall–Kier alpha value is -3.58. The lowest BCUT2D eigenvalue weighted by Crippen LogP contribution is -2.33. The van der Waals surface area contributed by atoms with E-state index in [0.29, 0.717) is 28.4 Å². The number of aryl methyl sites for hydroxylation is 2. The first-order valence-corrected chi connectivity index (χ1v) is 10.6. The summed E-state index contributed by atoms with van der Waals surface area (Å²) in [6, 6.07) is 14.6. The number of anilines is 2. The minimum atomic E-state index is -0.404. The number of imide groups is 1. The number of carbonyl (C=O) groups excluding carboxylic acids is 2. The molecule has 0 fully saturated rings. The molecule has 4 rings (SSSR count). The molecule has 2 aromatic carbocycles. The fourth-order valence-corrected chi connectivity index (χ4v) is 4.37. The molecule has 0 radical (unpaired) electrons. The van der Waals surface area contributed by atoms with E-state index in [1.807, 2.05) is 49.6 Å². The van der Waals surface area contributed by atoms with Crippen LogP contribution in [0.25, 0.3) is 5.57 Å². The second-order valence-corrected chi connectivity index (χ2v) is 8.10. The molecule has 7 heteroatoms. The normalized spacial score (nSPS) is 13.7. The van der Waals surface area contributed by atoms with Crippen LogP contribution < -0.4 is 19.7 Å². The second kappa shape index (κ2) is 8.28. The largest absolute Gasteiger partial charge is 0.497 e. The lowest BCUT2D eigenvalue weighted by Gasteiger charge is -2.18. The second-order valence-electron chi connectivity index (χ2n) is 7.15. The predicted molar refractivity (Wildman–Crippen MR) is 123 cm³/mol. The summed E-state index contributed by atoms with van der Waals surface area (Å²) in [5.74, 6) is 0.371. The Morgan fingerprint density at radius 2 is 1.74 bits per heavy atom. The van der Waals surface area contributed by atoms with Crippen molar-refractivity contribution < 1.29 is 19.1 Å². The number of carbonyl (C=O) groups is 2. The zero-order valence-electron chi connectivity index (χ0n) is 17.7. The molecular weight excluding hydrogens is 412 g/mol. The van der Waals surface area contributed by atoms with Gasteiger partial charge in [0, 0.05) is 10.9 Å². The number of ether oxygens (including phenoxy) is 2. The first kappa shape index (κ1) is 20.7. The maximum atomic E-state index is 13.5. The van der Waals surface area contributed by atoms with Crippen molar-refractivity contribution in [3.05, 3.63) is 75.6 Å². The van der Waals surface area contributed by atoms with Gasteiger partial charge in [0.25, 0.3) is 11.8 Å². The fraction of sp³-hybridized carbons (Fsp3) is 0.167. The molecule has 0 bridgehead atoms. The number of hydrogen-bond acceptors (Lipinski definition) is 6. The van der Waals surface area contributed by atoms with Gasteiger partial charge in [-0.2, -0.15) is 0 Å². The van der Waals surface area contributed by atoms with Crippen LogP contribution in [0.5, 0.6) is 11.5 Å². The van der Waals surface area contributed by atoms with Gasteiger partial charge in [0.1, 0.15) is 17.2 Å². The number of thiophene rings is 1. The molecule has 31 heavy (non-hydrogen) atoms. The summed E-state index contributed by atoms with van der Waals surface area (Å²) in [6.45, 7) is 3.87. The molecule has 1 aliphatic heterocycles. The number of hydrogen-bond donors (Lipinski definition) is 1. The van der Waals surface area contributed by atoms with Gasteiger partial charge in [-0.1, -0.05) is 23.8 Å². The van der Waals surface area contributed by atoms with Crippen LogP contribution in [0.3, 0.4) is 0 Å². The van der Waals surface area contributed by atoms with Gasteiger partial charge in [-0.05, 0) is 49.1 Å². The molecule has 2 heterocycles. The number of amides is 2. The van der Waals surface area contributed by atoms with E-state index in [9.17, 15) is 9.59 Å². The molecular formula is C24H22N2O4S. The van der Waals surface area contributed by atoms with Gasteiger partial charge < -0.3 is 14.8 Å². The number of benzene rings is 2. The van der Waals surface area contributed by atoms with Crippen molar-refractivity contribution in [1.82, 2.24) is 0 Å². The number of methoxy groups -OCH3 is 2. The van der Waals surface area contributed by atoms with E-state index in [2.05, 4.69) is 5.32 Å². The lowest BCUT2D eigenvalue weighted by molar-refractivity contribution is -0.120. The molecule has 1 aliphatic rings. The minimum absolute atomic E-state index is 0.218. The molecule has 0 aliphatic carbocycles. The summed E-state index contributed by atoms with van der Waals surface area (Å²) in [5, 5.41) is 5.03. The molecule has 1 N–H and O–H groups in total. The lowest BCUT2D eigenvalue weighted by atomic mass is 10.1. The van der Waals surface area contributed by atoms with E-state index in [-0.39, 0.29) is 11.6 Å². The number of nitrogens with zero attached hydrogens (tertiary/aromatic N) is 1. The third kappa shape index (κ3) is 3.68. The average molecular weight is 435 g/mol. The van der Waals surface area contributed by atoms with Crippen LogP contribution in [-0.2, 0) is 9.59 Å². The summed E-state index contributed by atoms with van der Waals surface area (Å²) >= 11 is 1.41. The Bertz CT molecular complexity index is 1200. The summed E-state index contributed by atoms with van der Waals surface area (Å²) in [6.07, 6.45) is 0. The molecule has 0 spiro atoms. The Labute approximate surface area is 184 Å². The van der Waals surface area contributed by atoms with Gasteiger partial charge in [0.05, 0.1) is 31.2 Å². The van der Waals surface area contributed by atoms with Crippen LogP contribution >= 0.6 is 11.3 Å². The van der Waals surface area contributed by atoms with E-state index >= 15 is 0 Å². The van der Waals surface area contributed by atoms with Crippen molar-refractivity contribution in [2.75, 3.05) is 24.4 Å². The third-order valence-corrected chi connectivity index (χ3v) is 6.00. The Kier molecular flexibility index (Phi) is 5.52.